The van der Waals surface area contributed by atoms with E-state index in [1.165, 1.54) is 30.3 Å². The lowest BCUT2D eigenvalue weighted by molar-refractivity contribution is 0.0979. The van der Waals surface area contributed by atoms with Gasteiger partial charge >= 0.3 is 0 Å². The number of carbonyl (C=O) groups is 2. The van der Waals surface area contributed by atoms with Gasteiger partial charge in [0.2, 0.25) is 0 Å². The molecule has 6 nitrogen and oxygen atoms in total. The first-order chi connectivity index (χ1) is 16.1. The van der Waals surface area contributed by atoms with Crippen molar-refractivity contribution in [2.75, 3.05) is 5.32 Å². The van der Waals surface area contributed by atoms with Crippen molar-refractivity contribution in [1.82, 2.24) is 0 Å². The summed E-state index contributed by atoms with van der Waals surface area (Å²) < 4.78 is 24.9. The number of ketones is 2. The fourth-order valence-electron chi connectivity index (χ4n) is 4.06. The number of anilines is 2. The molecule has 4 aromatic rings. The second kappa shape index (κ2) is 7.56. The molecule has 170 valence electrons. The van der Waals surface area contributed by atoms with Crippen molar-refractivity contribution in [3.05, 3.63) is 119 Å². The fraction of sp³-hybridized carbons (Fsp3) is 0.0370. The monoisotopic (exact) mass is 470 g/mol. The van der Waals surface area contributed by atoms with Crippen LogP contribution in [0.5, 0.6) is 0 Å². The van der Waals surface area contributed by atoms with Gasteiger partial charge in [0.15, 0.2) is 11.6 Å². The standard InChI is InChI=1S/C27H22N2O4S/c1-17-6-8-18(9-7-17)29-19-10-12-20(13-11-19)34(28,32,33)21-14-15-24-25(16-21)27(31)23-5-3-2-4-22(23)26(24)30/h2-16,29H,1H3,(H3,28,32,33). The molecule has 0 radical (unpaired) electrons. The Morgan fingerprint density at radius 3 is 1.74 bits per heavy atom. The van der Waals surface area contributed by atoms with Crippen LogP contribution in [-0.2, 0) is 9.53 Å². The van der Waals surface area contributed by atoms with E-state index in [0.29, 0.717) is 5.56 Å². The zero-order valence-electron chi connectivity index (χ0n) is 18.3. The van der Waals surface area contributed by atoms with Crippen LogP contribution >= 0.6 is 0 Å². The largest absolute Gasteiger partial charge is 0.356 e. The molecule has 7 heteroatoms. The van der Waals surface area contributed by atoms with Gasteiger partial charge in [-0.15, -0.1) is 0 Å². The molecule has 1 aliphatic carbocycles. The van der Waals surface area contributed by atoms with E-state index in [4.69, 9.17) is 5.14 Å². The molecule has 0 unspecified atom stereocenters. The van der Waals surface area contributed by atoms with Crippen molar-refractivity contribution in [3.8, 4) is 0 Å². The smallest absolute Gasteiger partial charge is 0.194 e. The highest BCUT2D eigenvalue weighted by atomic mass is 32.3. The highest BCUT2D eigenvalue weighted by Gasteiger charge is 2.34. The quantitative estimate of drug-likeness (QED) is 0.339. The molecule has 0 aromatic heterocycles. The molecule has 0 fully saturated rings. The maximum atomic E-state index is 13.7. The molecule has 0 aliphatic heterocycles. The first-order valence-corrected chi connectivity index (χ1v) is 12.6. The molecule has 34 heavy (non-hydrogen) atoms. The van der Waals surface area contributed by atoms with Gasteiger partial charge in [0.25, 0.3) is 0 Å². The number of aryl methyl sites for hydroxylation is 1. The minimum absolute atomic E-state index is 0.00129. The molecule has 0 saturated heterocycles. The molecule has 0 heterocycles. The number of nitrogens with two attached hydrogens (primary N) is 1. The zero-order chi connectivity index (χ0) is 24.1. The summed E-state index contributed by atoms with van der Waals surface area (Å²) in [5, 5.41) is 9.35. The summed E-state index contributed by atoms with van der Waals surface area (Å²) in [6.07, 6.45) is 0. The molecule has 0 spiro atoms. The van der Waals surface area contributed by atoms with Gasteiger partial charge in [-0.05, 0) is 61.5 Å². The van der Waals surface area contributed by atoms with Crippen molar-refractivity contribution >= 4 is 32.5 Å². The summed E-state index contributed by atoms with van der Waals surface area (Å²) in [5.41, 5.74) is 3.58. The fourth-order valence-corrected chi connectivity index (χ4v) is 5.68. The van der Waals surface area contributed by atoms with Crippen LogP contribution in [-0.4, -0.2) is 20.3 Å². The van der Waals surface area contributed by atoms with Crippen LogP contribution in [0.4, 0.5) is 11.4 Å². The predicted molar refractivity (Wildman–Crippen MR) is 132 cm³/mol. The highest BCUT2D eigenvalue weighted by molar-refractivity contribution is 8.13. The molecular weight excluding hydrogens is 448 g/mol. The average molecular weight is 471 g/mol. The van der Waals surface area contributed by atoms with Crippen molar-refractivity contribution in [2.24, 2.45) is 5.14 Å². The van der Waals surface area contributed by atoms with Crippen LogP contribution < -0.4 is 10.5 Å². The third-order valence-corrected chi connectivity index (χ3v) is 8.35. The average Bonchev–Trinajstić information content (AvgIpc) is 2.84. The van der Waals surface area contributed by atoms with Gasteiger partial charge in [0, 0.05) is 33.6 Å². The Balaban J connectivity index is 1.50. The minimum Gasteiger partial charge on any atom is -0.356 e. The Kier molecular flexibility index (Phi) is 4.87. The lowest BCUT2D eigenvalue weighted by Crippen LogP contribution is -2.42. The summed E-state index contributed by atoms with van der Waals surface area (Å²) in [7, 11) is -5.02. The number of carbonyl (C=O) groups excluding carboxylic acids is 2. The lowest BCUT2D eigenvalue weighted by Gasteiger charge is -2.39. The van der Waals surface area contributed by atoms with Crippen LogP contribution in [0.1, 0.15) is 37.4 Å². The number of rotatable bonds is 4. The Hall–Kier alpha value is -3.91. The SMILES string of the molecule is Cc1ccc(Nc2ccc(S(N)(=O)(O)c3ccc4c(c3)C(=O)c3ccccc3C4=O)cc2)cc1. The van der Waals surface area contributed by atoms with E-state index >= 15 is 0 Å². The number of benzene rings is 4. The second-order valence-corrected chi connectivity index (χ2v) is 11.3. The van der Waals surface area contributed by atoms with E-state index < -0.39 is 9.53 Å². The van der Waals surface area contributed by atoms with Crippen molar-refractivity contribution < 1.29 is 18.4 Å². The molecule has 4 N–H and O–H groups in total. The summed E-state index contributed by atoms with van der Waals surface area (Å²) in [4.78, 5) is 25.8. The van der Waals surface area contributed by atoms with Gasteiger partial charge in [-0.2, -0.15) is 4.21 Å². The first kappa shape index (κ1) is 21.9. The summed E-state index contributed by atoms with van der Waals surface area (Å²) in [6, 6.07) is 24.6. The molecule has 0 bridgehead atoms. The van der Waals surface area contributed by atoms with Crippen molar-refractivity contribution in [2.45, 2.75) is 16.7 Å². The van der Waals surface area contributed by atoms with Crippen LogP contribution in [0, 0.1) is 6.92 Å². The molecule has 1 aliphatic rings. The van der Waals surface area contributed by atoms with E-state index in [9.17, 15) is 18.4 Å². The van der Waals surface area contributed by atoms with Crippen LogP contribution in [0.15, 0.2) is 101 Å². The van der Waals surface area contributed by atoms with Gasteiger partial charge in [0.1, 0.15) is 0 Å². The summed E-state index contributed by atoms with van der Waals surface area (Å²) >= 11 is 0. The van der Waals surface area contributed by atoms with Gasteiger partial charge < -0.3 is 5.32 Å². The Bertz CT molecular complexity index is 1530. The number of hydrogen-bond acceptors (Lipinski definition) is 4. The molecular formula is C27H22N2O4S. The van der Waals surface area contributed by atoms with Gasteiger partial charge in [0.05, 0.1) is 9.79 Å². The topological polar surface area (TPSA) is 109 Å². The maximum Gasteiger partial charge on any atom is 0.194 e. The van der Waals surface area contributed by atoms with Gasteiger partial charge in [-0.1, -0.05) is 51.5 Å². The van der Waals surface area contributed by atoms with Crippen molar-refractivity contribution in [1.29, 1.82) is 0 Å². The third-order valence-electron chi connectivity index (χ3n) is 6.00. The molecule has 5 rings (SSSR count). The van der Waals surface area contributed by atoms with Gasteiger partial charge in [-0.3, -0.25) is 14.1 Å². The maximum absolute atomic E-state index is 13.7. The first-order valence-electron chi connectivity index (χ1n) is 10.6. The normalized spacial score (nSPS) is 14.0. The van der Waals surface area contributed by atoms with Gasteiger partial charge in [-0.25, -0.2) is 5.14 Å². The van der Waals surface area contributed by atoms with E-state index in [1.54, 1.807) is 36.4 Å². The summed E-state index contributed by atoms with van der Waals surface area (Å²) in [6.45, 7) is 2.00. The summed E-state index contributed by atoms with van der Waals surface area (Å²) in [5.74, 6) is -0.686. The predicted octanol–water partition coefficient (Wildman–Crippen LogP) is 5.10. The number of nitrogens with one attached hydrogen (secondary N) is 1. The second-order valence-electron chi connectivity index (χ2n) is 8.39. The molecule has 4 aromatic carbocycles. The Morgan fingerprint density at radius 2 is 1.15 bits per heavy atom. The minimum atomic E-state index is -5.02. The molecule has 0 amide bonds. The van der Waals surface area contributed by atoms with Crippen molar-refractivity contribution in [3.63, 3.8) is 0 Å². The van der Waals surface area contributed by atoms with Crippen LogP contribution in [0.25, 0.3) is 0 Å². The molecule has 0 saturated carbocycles. The van der Waals surface area contributed by atoms with Crippen LogP contribution in [0.2, 0.25) is 0 Å². The molecule has 0 atom stereocenters. The Labute approximate surface area is 196 Å². The third kappa shape index (κ3) is 3.56. The highest BCUT2D eigenvalue weighted by Crippen LogP contribution is 2.38. The van der Waals surface area contributed by atoms with E-state index in [2.05, 4.69) is 5.32 Å². The van der Waals surface area contributed by atoms with E-state index in [1.807, 2.05) is 31.2 Å². The zero-order valence-corrected chi connectivity index (χ0v) is 19.1. The lowest BCUT2D eigenvalue weighted by atomic mass is 9.84. The number of fused-ring (bicyclic) bond motifs is 2. The number of hydrogen-bond donors (Lipinski definition) is 3. The van der Waals surface area contributed by atoms with E-state index in [0.717, 1.165) is 16.9 Å². The Morgan fingerprint density at radius 1 is 0.676 bits per heavy atom. The van der Waals surface area contributed by atoms with Crippen LogP contribution in [0.3, 0.4) is 0 Å². The van der Waals surface area contributed by atoms with E-state index in [-0.39, 0.29) is 38.0 Å².